The maximum absolute atomic E-state index is 12.6. The van der Waals surface area contributed by atoms with Crippen LogP contribution in [0, 0.1) is 0 Å². The SMILES string of the molecule is CC/C=C\C/C=C\C/C=C\C/C=C\C/C=C\C/C=C\C/C=C\CCCC(=O)OC(COC(=O)CCCCCCCCCCC/C=C\CCCCCCCC)COP(=O)(O)OCCN. The maximum Gasteiger partial charge on any atom is 0.472 e. The van der Waals surface area contributed by atoms with Gasteiger partial charge in [0.2, 0.25) is 0 Å². The monoisotopic (exact) mass is 900 g/mol. The number of rotatable bonds is 45. The summed E-state index contributed by atoms with van der Waals surface area (Å²) in [5, 5.41) is 0. The fraction of sp³-hybridized carbons (Fsp3) is 0.660. The minimum atomic E-state index is -4.40. The van der Waals surface area contributed by atoms with Crippen LogP contribution >= 0.6 is 7.82 Å². The van der Waals surface area contributed by atoms with Crippen LogP contribution in [0.25, 0.3) is 0 Å². The number of esters is 2. The number of carbonyl (C=O) groups is 2. The number of ether oxygens (including phenoxy) is 2. The first-order valence-electron chi connectivity index (χ1n) is 24.7. The Hall–Kier alpha value is -3.07. The Labute approximate surface area is 385 Å². The minimum absolute atomic E-state index is 0.0389. The standard InChI is InChI=1S/C53H90NO8P/c1-3-5-7-9-11-13-15-17-19-21-23-24-25-26-28-30-32-34-36-38-40-42-44-46-53(56)62-51(50-61-63(57,58)60-48-47-54)49-59-52(55)45-43-41-39-37-35-33-31-29-27-22-20-18-16-14-12-10-8-6-4-2/h5,7,11,13,17-20,23-24,26,28,32,34,38,40,51H,3-4,6,8-10,12,14-16,21-22,25,27,29-31,33,35-37,39,41-50,54H2,1-2H3,(H,57,58)/b7-5-,13-11-,19-17-,20-18-,24-23-,28-26-,34-32-,40-38-. The van der Waals surface area contributed by atoms with E-state index >= 15 is 0 Å². The number of phosphoric ester groups is 1. The molecule has 0 aliphatic rings. The van der Waals surface area contributed by atoms with Crippen molar-refractivity contribution in [2.24, 2.45) is 5.73 Å². The smallest absolute Gasteiger partial charge is 0.462 e. The van der Waals surface area contributed by atoms with Gasteiger partial charge < -0.3 is 20.1 Å². The first kappa shape index (κ1) is 59.9. The van der Waals surface area contributed by atoms with E-state index in [1.807, 2.05) is 6.08 Å². The average molecular weight is 900 g/mol. The van der Waals surface area contributed by atoms with E-state index in [9.17, 15) is 19.0 Å². The summed E-state index contributed by atoms with van der Waals surface area (Å²) in [5.74, 6) is -0.906. The predicted octanol–water partition coefficient (Wildman–Crippen LogP) is 14.9. The molecule has 10 heteroatoms. The van der Waals surface area contributed by atoms with Crippen LogP contribution < -0.4 is 5.73 Å². The lowest BCUT2D eigenvalue weighted by Gasteiger charge is -2.19. The minimum Gasteiger partial charge on any atom is -0.462 e. The Morgan fingerprint density at radius 2 is 0.889 bits per heavy atom. The van der Waals surface area contributed by atoms with Gasteiger partial charge in [0.15, 0.2) is 6.10 Å². The van der Waals surface area contributed by atoms with Gasteiger partial charge >= 0.3 is 19.8 Å². The highest BCUT2D eigenvalue weighted by Crippen LogP contribution is 2.43. The van der Waals surface area contributed by atoms with E-state index in [-0.39, 0.29) is 32.6 Å². The van der Waals surface area contributed by atoms with Gasteiger partial charge in [0.25, 0.3) is 0 Å². The number of unbranched alkanes of at least 4 members (excludes halogenated alkanes) is 16. The van der Waals surface area contributed by atoms with Crippen molar-refractivity contribution in [1.29, 1.82) is 0 Å². The van der Waals surface area contributed by atoms with Crippen LogP contribution in [-0.2, 0) is 32.7 Å². The lowest BCUT2D eigenvalue weighted by Crippen LogP contribution is -2.29. The average Bonchev–Trinajstić information content (AvgIpc) is 3.27. The normalized spacial score (nSPS) is 14.0. The zero-order chi connectivity index (χ0) is 46.0. The summed E-state index contributed by atoms with van der Waals surface area (Å²) in [5.41, 5.74) is 5.36. The van der Waals surface area contributed by atoms with Crippen molar-refractivity contribution < 1.29 is 37.6 Å². The first-order chi connectivity index (χ1) is 30.8. The summed E-state index contributed by atoms with van der Waals surface area (Å²) in [7, 11) is -4.40. The highest BCUT2D eigenvalue weighted by atomic mass is 31.2. The molecule has 0 saturated carbocycles. The molecule has 0 aromatic carbocycles. The number of carbonyl (C=O) groups excluding carboxylic acids is 2. The van der Waals surface area contributed by atoms with Crippen molar-refractivity contribution >= 4 is 19.8 Å². The second kappa shape index (κ2) is 48.4. The van der Waals surface area contributed by atoms with Gasteiger partial charge in [-0.2, -0.15) is 0 Å². The second-order valence-corrected chi connectivity index (χ2v) is 17.4. The zero-order valence-electron chi connectivity index (χ0n) is 39.8. The molecule has 0 saturated heterocycles. The number of hydrogen-bond donors (Lipinski definition) is 2. The summed E-state index contributed by atoms with van der Waals surface area (Å²) in [6, 6.07) is 0. The zero-order valence-corrected chi connectivity index (χ0v) is 40.7. The molecule has 0 fully saturated rings. The molecule has 0 bridgehead atoms. The van der Waals surface area contributed by atoms with Crippen LogP contribution in [-0.4, -0.2) is 49.3 Å². The van der Waals surface area contributed by atoms with E-state index in [0.29, 0.717) is 12.8 Å². The molecule has 0 heterocycles. The van der Waals surface area contributed by atoms with E-state index in [4.69, 9.17) is 24.3 Å². The van der Waals surface area contributed by atoms with Gasteiger partial charge in [-0.3, -0.25) is 18.6 Å². The first-order valence-corrected chi connectivity index (χ1v) is 26.2. The van der Waals surface area contributed by atoms with E-state index < -0.39 is 32.5 Å². The van der Waals surface area contributed by atoms with Crippen LogP contribution in [0.2, 0.25) is 0 Å². The van der Waals surface area contributed by atoms with Crippen molar-refractivity contribution in [2.75, 3.05) is 26.4 Å². The highest BCUT2D eigenvalue weighted by molar-refractivity contribution is 7.47. The largest absolute Gasteiger partial charge is 0.472 e. The molecule has 3 N–H and O–H groups in total. The summed E-state index contributed by atoms with van der Waals surface area (Å²) in [6.45, 7) is 3.54. The Kier molecular flexibility index (Phi) is 46.0. The number of nitrogens with two attached hydrogens (primary N) is 1. The summed E-state index contributed by atoms with van der Waals surface area (Å²) in [4.78, 5) is 35.0. The second-order valence-electron chi connectivity index (χ2n) is 15.9. The molecule has 9 nitrogen and oxygen atoms in total. The molecule has 0 aromatic rings. The van der Waals surface area contributed by atoms with Crippen LogP contribution in [0.5, 0.6) is 0 Å². The summed E-state index contributed by atoms with van der Waals surface area (Å²) >= 11 is 0. The molecule has 2 unspecified atom stereocenters. The molecule has 0 amide bonds. The van der Waals surface area contributed by atoms with Crippen molar-refractivity contribution in [3.05, 3.63) is 97.2 Å². The van der Waals surface area contributed by atoms with Gasteiger partial charge in [0, 0.05) is 19.4 Å². The van der Waals surface area contributed by atoms with Gasteiger partial charge in [0.1, 0.15) is 6.61 Å². The van der Waals surface area contributed by atoms with E-state index in [1.165, 1.54) is 83.5 Å². The molecule has 360 valence electrons. The number of hydrogen-bond acceptors (Lipinski definition) is 8. The topological polar surface area (TPSA) is 134 Å². The predicted molar refractivity (Wildman–Crippen MR) is 265 cm³/mol. The number of allylic oxidation sites excluding steroid dienone is 16. The van der Waals surface area contributed by atoms with Gasteiger partial charge in [-0.25, -0.2) is 4.57 Å². The van der Waals surface area contributed by atoms with Gasteiger partial charge in [-0.15, -0.1) is 0 Å². The van der Waals surface area contributed by atoms with Crippen LogP contribution in [0.3, 0.4) is 0 Å². The lowest BCUT2D eigenvalue weighted by atomic mass is 10.1. The Morgan fingerprint density at radius 3 is 1.37 bits per heavy atom. The van der Waals surface area contributed by atoms with Gasteiger partial charge in [-0.1, -0.05) is 188 Å². The Balaban J connectivity index is 4.21. The molecule has 0 aromatic heterocycles. The third-order valence-electron chi connectivity index (χ3n) is 9.95. The van der Waals surface area contributed by atoms with Crippen LogP contribution in [0.4, 0.5) is 0 Å². The third-order valence-corrected chi connectivity index (χ3v) is 10.9. The van der Waals surface area contributed by atoms with Crippen LogP contribution in [0.1, 0.15) is 194 Å². The van der Waals surface area contributed by atoms with E-state index in [0.717, 1.165) is 70.6 Å². The number of phosphoric acid groups is 1. The molecule has 0 aliphatic heterocycles. The van der Waals surface area contributed by atoms with Gasteiger partial charge in [-0.05, 0) is 89.9 Å². The summed E-state index contributed by atoms with van der Waals surface area (Å²) in [6.07, 6.45) is 63.1. The maximum atomic E-state index is 12.6. The summed E-state index contributed by atoms with van der Waals surface area (Å²) < 4.78 is 32.8. The molecule has 0 spiro atoms. The molecule has 0 radical (unpaired) electrons. The van der Waals surface area contributed by atoms with E-state index in [2.05, 4.69) is 105 Å². The molecule has 0 aliphatic carbocycles. The Bertz CT molecular complexity index is 1350. The molecular formula is C53H90NO8P. The fourth-order valence-corrected chi connectivity index (χ4v) is 7.09. The molecular weight excluding hydrogens is 810 g/mol. The van der Waals surface area contributed by atoms with Crippen molar-refractivity contribution in [2.45, 2.75) is 200 Å². The van der Waals surface area contributed by atoms with E-state index in [1.54, 1.807) is 0 Å². The van der Waals surface area contributed by atoms with Crippen molar-refractivity contribution in [3.8, 4) is 0 Å². The Morgan fingerprint density at radius 1 is 0.492 bits per heavy atom. The molecule has 0 rings (SSSR count). The quantitative estimate of drug-likeness (QED) is 0.0265. The fourth-order valence-electron chi connectivity index (χ4n) is 6.32. The lowest BCUT2D eigenvalue weighted by molar-refractivity contribution is -0.161. The highest BCUT2D eigenvalue weighted by Gasteiger charge is 2.26. The molecule has 63 heavy (non-hydrogen) atoms. The molecule has 2 atom stereocenters. The third kappa shape index (κ3) is 48.2. The van der Waals surface area contributed by atoms with Crippen molar-refractivity contribution in [1.82, 2.24) is 0 Å². The van der Waals surface area contributed by atoms with Gasteiger partial charge in [0.05, 0.1) is 13.2 Å². The van der Waals surface area contributed by atoms with Crippen molar-refractivity contribution in [3.63, 3.8) is 0 Å². The van der Waals surface area contributed by atoms with Crippen LogP contribution in [0.15, 0.2) is 97.2 Å².